The minimum Gasteiger partial charge on any atom is -0.348 e. The van der Waals surface area contributed by atoms with E-state index in [1.807, 2.05) is 0 Å². The molecule has 3 nitrogen and oxygen atoms in total. The van der Waals surface area contributed by atoms with Gasteiger partial charge in [-0.2, -0.15) is 4.99 Å². The van der Waals surface area contributed by atoms with E-state index in [1.165, 1.54) is 12.8 Å². The lowest BCUT2D eigenvalue weighted by atomic mass is 10.2. The average Bonchev–Trinajstić information content (AvgIpc) is 2.58. The summed E-state index contributed by atoms with van der Waals surface area (Å²) in [5.41, 5.74) is 0. The third-order valence-corrected chi connectivity index (χ3v) is 3.32. The molecule has 1 unspecified atom stereocenters. The molecular weight excluding hydrogens is 172 g/mol. The third-order valence-electron chi connectivity index (χ3n) is 2.34. The van der Waals surface area contributed by atoms with E-state index in [9.17, 15) is 4.79 Å². The van der Waals surface area contributed by atoms with Crippen molar-refractivity contribution < 1.29 is 4.79 Å². The summed E-state index contributed by atoms with van der Waals surface area (Å²) in [5.74, 6) is 0.563. The Bertz CT molecular complexity index is 239. The van der Waals surface area contributed by atoms with Crippen LogP contribution < -0.4 is 0 Å². The van der Waals surface area contributed by atoms with Gasteiger partial charge in [0, 0.05) is 12.6 Å². The highest BCUT2D eigenvalue weighted by molar-refractivity contribution is 8.14. The molecule has 12 heavy (non-hydrogen) atoms. The summed E-state index contributed by atoms with van der Waals surface area (Å²) >= 11 is 1.58. The normalized spacial score (nSPS) is 29.8. The lowest BCUT2D eigenvalue weighted by molar-refractivity contribution is -0.115. The minimum atomic E-state index is 0.0223. The van der Waals surface area contributed by atoms with Crippen molar-refractivity contribution in [1.82, 2.24) is 4.90 Å². The lowest BCUT2D eigenvalue weighted by Crippen LogP contribution is -2.30. The van der Waals surface area contributed by atoms with Crippen LogP contribution in [-0.4, -0.2) is 34.3 Å². The van der Waals surface area contributed by atoms with E-state index in [0.29, 0.717) is 11.8 Å². The number of nitrogens with zero attached hydrogens (tertiary/aromatic N) is 2. The first-order chi connectivity index (χ1) is 5.77. The number of hydrogen-bond acceptors (Lipinski definition) is 3. The summed E-state index contributed by atoms with van der Waals surface area (Å²) in [6.07, 6.45) is 2.46. The van der Waals surface area contributed by atoms with E-state index in [2.05, 4.69) is 16.8 Å². The van der Waals surface area contributed by atoms with Crippen LogP contribution in [0.5, 0.6) is 0 Å². The number of likely N-dealkylation sites (tertiary alicyclic amines) is 1. The number of thioether (sulfide) groups is 1. The lowest BCUT2D eigenvalue weighted by Gasteiger charge is -2.21. The average molecular weight is 184 g/mol. The first-order valence-corrected chi connectivity index (χ1v) is 5.27. The van der Waals surface area contributed by atoms with Crippen LogP contribution in [0.1, 0.15) is 19.8 Å². The predicted molar refractivity (Wildman–Crippen MR) is 50.3 cm³/mol. The SMILES string of the molecule is CC1CCCN1C1=NC(=O)CS1. The molecule has 0 bridgehead atoms. The molecule has 0 aromatic carbocycles. The summed E-state index contributed by atoms with van der Waals surface area (Å²) in [6.45, 7) is 3.26. The topological polar surface area (TPSA) is 32.7 Å². The van der Waals surface area contributed by atoms with Gasteiger partial charge in [-0.25, -0.2) is 0 Å². The van der Waals surface area contributed by atoms with Crippen LogP contribution in [0.3, 0.4) is 0 Å². The Kier molecular flexibility index (Phi) is 2.09. The molecule has 4 heteroatoms. The maximum Gasteiger partial charge on any atom is 0.258 e. The zero-order valence-corrected chi connectivity index (χ0v) is 7.93. The minimum absolute atomic E-state index is 0.0223. The smallest absolute Gasteiger partial charge is 0.258 e. The van der Waals surface area contributed by atoms with E-state index in [4.69, 9.17) is 0 Å². The Morgan fingerprint density at radius 3 is 3.00 bits per heavy atom. The Morgan fingerprint density at radius 2 is 2.50 bits per heavy atom. The van der Waals surface area contributed by atoms with Gasteiger partial charge < -0.3 is 4.90 Å². The molecule has 1 atom stereocenters. The highest BCUT2D eigenvalue weighted by Crippen LogP contribution is 2.24. The molecular formula is C8H12N2OS. The van der Waals surface area contributed by atoms with Crippen molar-refractivity contribution in [3.05, 3.63) is 0 Å². The Labute approximate surface area is 76.2 Å². The van der Waals surface area contributed by atoms with Gasteiger partial charge in [-0.15, -0.1) is 0 Å². The number of aliphatic imine (C=N–C) groups is 1. The fraction of sp³-hybridized carbons (Fsp3) is 0.750. The van der Waals surface area contributed by atoms with Gasteiger partial charge in [0.05, 0.1) is 5.75 Å². The van der Waals surface area contributed by atoms with Crippen molar-refractivity contribution in [1.29, 1.82) is 0 Å². The van der Waals surface area contributed by atoms with Crippen molar-refractivity contribution in [2.75, 3.05) is 12.3 Å². The molecule has 1 amide bonds. The number of amidine groups is 1. The van der Waals surface area contributed by atoms with Gasteiger partial charge in [0.25, 0.3) is 5.91 Å². The van der Waals surface area contributed by atoms with Crippen molar-refractivity contribution in [2.45, 2.75) is 25.8 Å². The fourth-order valence-electron chi connectivity index (χ4n) is 1.66. The largest absolute Gasteiger partial charge is 0.348 e. The van der Waals surface area contributed by atoms with Crippen molar-refractivity contribution >= 4 is 22.8 Å². The Balaban J connectivity index is 2.09. The first-order valence-electron chi connectivity index (χ1n) is 4.28. The maximum absolute atomic E-state index is 10.9. The summed E-state index contributed by atoms with van der Waals surface area (Å²) in [6, 6.07) is 0.571. The van der Waals surface area contributed by atoms with E-state index in [-0.39, 0.29) is 5.91 Å². The van der Waals surface area contributed by atoms with Crippen molar-refractivity contribution in [3.63, 3.8) is 0 Å². The highest BCUT2D eigenvalue weighted by atomic mass is 32.2. The van der Waals surface area contributed by atoms with Gasteiger partial charge in [-0.3, -0.25) is 4.79 Å². The summed E-state index contributed by atoms with van der Waals surface area (Å²) in [4.78, 5) is 17.1. The van der Waals surface area contributed by atoms with Crippen LogP contribution in [0.2, 0.25) is 0 Å². The number of rotatable bonds is 0. The molecule has 1 saturated heterocycles. The quantitative estimate of drug-likeness (QED) is 0.565. The Hall–Kier alpha value is -0.510. The third kappa shape index (κ3) is 1.35. The molecule has 2 heterocycles. The highest BCUT2D eigenvalue weighted by Gasteiger charge is 2.27. The number of hydrogen-bond donors (Lipinski definition) is 0. The van der Waals surface area contributed by atoms with Gasteiger partial charge in [0.1, 0.15) is 0 Å². The molecule has 2 aliphatic rings. The van der Waals surface area contributed by atoms with Gasteiger partial charge in [-0.05, 0) is 19.8 Å². The van der Waals surface area contributed by atoms with Crippen LogP contribution in [-0.2, 0) is 4.79 Å². The second-order valence-electron chi connectivity index (χ2n) is 3.26. The molecule has 0 spiro atoms. The van der Waals surface area contributed by atoms with E-state index < -0.39 is 0 Å². The number of carbonyl (C=O) groups is 1. The summed E-state index contributed by atoms with van der Waals surface area (Å²) in [7, 11) is 0. The van der Waals surface area contributed by atoms with Crippen LogP contribution >= 0.6 is 11.8 Å². The van der Waals surface area contributed by atoms with E-state index >= 15 is 0 Å². The number of carbonyl (C=O) groups excluding carboxylic acids is 1. The standard InChI is InChI=1S/C8H12N2OS/c1-6-3-2-4-10(6)8-9-7(11)5-12-8/h6H,2-5H2,1H3. The molecule has 2 rings (SSSR count). The molecule has 0 saturated carbocycles. The summed E-state index contributed by atoms with van der Waals surface area (Å²) < 4.78 is 0. The second-order valence-corrected chi connectivity index (χ2v) is 4.20. The van der Waals surface area contributed by atoms with Crippen LogP contribution in [0.15, 0.2) is 4.99 Å². The zero-order valence-electron chi connectivity index (χ0n) is 7.12. The van der Waals surface area contributed by atoms with Gasteiger partial charge in [-0.1, -0.05) is 11.8 Å². The second kappa shape index (κ2) is 3.09. The molecule has 2 aliphatic heterocycles. The Morgan fingerprint density at radius 1 is 1.67 bits per heavy atom. The van der Waals surface area contributed by atoms with Gasteiger partial charge in [0.2, 0.25) is 0 Å². The molecule has 0 radical (unpaired) electrons. The molecule has 1 fully saturated rings. The van der Waals surface area contributed by atoms with Crippen LogP contribution in [0, 0.1) is 0 Å². The molecule has 0 N–H and O–H groups in total. The molecule has 0 aromatic rings. The van der Waals surface area contributed by atoms with E-state index in [0.717, 1.165) is 11.7 Å². The number of amides is 1. The van der Waals surface area contributed by atoms with E-state index in [1.54, 1.807) is 11.8 Å². The van der Waals surface area contributed by atoms with Crippen molar-refractivity contribution in [2.24, 2.45) is 4.99 Å². The molecule has 0 aliphatic carbocycles. The van der Waals surface area contributed by atoms with Gasteiger partial charge in [0.15, 0.2) is 5.17 Å². The fourth-order valence-corrected chi connectivity index (χ4v) is 2.58. The van der Waals surface area contributed by atoms with Crippen LogP contribution in [0.4, 0.5) is 0 Å². The summed E-state index contributed by atoms with van der Waals surface area (Å²) in [5, 5.41) is 0.949. The van der Waals surface area contributed by atoms with Crippen molar-refractivity contribution in [3.8, 4) is 0 Å². The first kappa shape index (κ1) is 8.10. The zero-order chi connectivity index (χ0) is 8.55. The molecule has 0 aromatic heterocycles. The maximum atomic E-state index is 10.9. The van der Waals surface area contributed by atoms with Gasteiger partial charge >= 0.3 is 0 Å². The van der Waals surface area contributed by atoms with Crippen LogP contribution in [0.25, 0.3) is 0 Å². The monoisotopic (exact) mass is 184 g/mol. The molecule has 66 valence electrons. The predicted octanol–water partition coefficient (Wildman–Crippen LogP) is 1.10.